The zero-order valence-corrected chi connectivity index (χ0v) is 14.2. The highest BCUT2D eigenvalue weighted by molar-refractivity contribution is 9.10. The van der Waals surface area contributed by atoms with Gasteiger partial charge >= 0.3 is 6.18 Å². The zero-order valence-electron chi connectivity index (χ0n) is 12.7. The minimum atomic E-state index is -4.23. The average Bonchev–Trinajstić information content (AvgIpc) is 3.02. The number of likely N-dealkylation sites (tertiary alicyclic amines) is 1. The van der Waals surface area contributed by atoms with E-state index in [0.29, 0.717) is 6.54 Å². The predicted molar refractivity (Wildman–Crippen MR) is 85.3 cm³/mol. The Labute approximate surface area is 141 Å². The smallest absolute Gasteiger partial charge is 0.384 e. The highest BCUT2D eigenvalue weighted by atomic mass is 79.9. The molecule has 7 heteroatoms. The summed E-state index contributed by atoms with van der Waals surface area (Å²) in [6.45, 7) is 2.12. The Balaban J connectivity index is 1.68. The number of benzene rings is 1. The number of rotatable bonds is 2. The standard InChI is InChI=1S/C16H18BrF3N2O/c1-9-4-11(16(18,19)20)8-22(9)15(23)5-10-7-21-14-3-2-12(17)6-13(10)14/h2-3,6,9-11,21H,4-5,7-8H2,1H3/t9-,10?,11+/m1/s1. The van der Waals surface area contributed by atoms with Crippen LogP contribution in [0.4, 0.5) is 18.9 Å². The van der Waals surface area contributed by atoms with Crippen molar-refractivity contribution in [1.29, 1.82) is 0 Å². The van der Waals surface area contributed by atoms with Gasteiger partial charge in [0, 0.05) is 41.6 Å². The van der Waals surface area contributed by atoms with Gasteiger partial charge in [0.25, 0.3) is 0 Å². The van der Waals surface area contributed by atoms with E-state index in [1.807, 2.05) is 18.2 Å². The SMILES string of the molecule is C[C@@H]1C[C@H](C(F)(F)F)CN1C(=O)CC1CNc2ccc(Br)cc21. The Morgan fingerprint density at radius 1 is 1.43 bits per heavy atom. The first-order valence-corrected chi connectivity index (χ1v) is 8.44. The van der Waals surface area contributed by atoms with Crippen LogP contribution in [0.5, 0.6) is 0 Å². The summed E-state index contributed by atoms with van der Waals surface area (Å²) in [6, 6.07) is 5.48. The van der Waals surface area contributed by atoms with Gasteiger partial charge in [-0.3, -0.25) is 4.79 Å². The molecule has 0 aliphatic carbocycles. The van der Waals surface area contributed by atoms with Gasteiger partial charge in [0.2, 0.25) is 5.91 Å². The maximum Gasteiger partial charge on any atom is 0.393 e. The van der Waals surface area contributed by atoms with Crippen LogP contribution in [0.25, 0.3) is 0 Å². The minimum Gasteiger partial charge on any atom is -0.384 e. The highest BCUT2D eigenvalue weighted by Gasteiger charge is 2.47. The molecule has 2 heterocycles. The quantitative estimate of drug-likeness (QED) is 0.822. The molecule has 23 heavy (non-hydrogen) atoms. The molecule has 1 saturated heterocycles. The Kier molecular flexibility index (Phi) is 4.33. The number of fused-ring (bicyclic) bond motifs is 1. The van der Waals surface area contributed by atoms with Gasteiger partial charge in [-0.15, -0.1) is 0 Å². The van der Waals surface area contributed by atoms with Gasteiger partial charge in [-0.2, -0.15) is 13.2 Å². The molecule has 3 nitrogen and oxygen atoms in total. The topological polar surface area (TPSA) is 32.3 Å². The molecule has 0 aromatic heterocycles. The van der Waals surface area contributed by atoms with Crippen molar-refractivity contribution in [3.63, 3.8) is 0 Å². The molecule has 1 aromatic rings. The second-order valence-corrected chi connectivity index (χ2v) is 7.30. The van der Waals surface area contributed by atoms with Crippen LogP contribution in [0, 0.1) is 5.92 Å². The lowest BCUT2D eigenvalue weighted by molar-refractivity contribution is -0.171. The second kappa shape index (κ2) is 6.00. The van der Waals surface area contributed by atoms with Crippen molar-refractivity contribution in [3.05, 3.63) is 28.2 Å². The summed E-state index contributed by atoms with van der Waals surface area (Å²) >= 11 is 3.42. The van der Waals surface area contributed by atoms with Crippen molar-refractivity contribution in [2.75, 3.05) is 18.4 Å². The van der Waals surface area contributed by atoms with Gasteiger partial charge < -0.3 is 10.2 Å². The number of anilines is 1. The van der Waals surface area contributed by atoms with E-state index in [2.05, 4.69) is 21.2 Å². The normalized spacial score (nSPS) is 27.0. The molecule has 2 aliphatic heterocycles. The number of nitrogens with one attached hydrogen (secondary N) is 1. The van der Waals surface area contributed by atoms with Crippen LogP contribution in [0.15, 0.2) is 22.7 Å². The third-order valence-electron chi connectivity index (χ3n) is 4.77. The molecule has 126 valence electrons. The van der Waals surface area contributed by atoms with Gasteiger partial charge in [-0.1, -0.05) is 15.9 Å². The summed E-state index contributed by atoms with van der Waals surface area (Å²) < 4.78 is 39.5. The molecule has 1 N–H and O–H groups in total. The summed E-state index contributed by atoms with van der Waals surface area (Å²) in [4.78, 5) is 13.9. The number of amides is 1. The van der Waals surface area contributed by atoms with Gasteiger partial charge in [0.05, 0.1) is 5.92 Å². The Morgan fingerprint density at radius 3 is 2.83 bits per heavy atom. The van der Waals surface area contributed by atoms with E-state index in [9.17, 15) is 18.0 Å². The van der Waals surface area contributed by atoms with E-state index in [0.717, 1.165) is 15.7 Å². The van der Waals surface area contributed by atoms with Crippen molar-refractivity contribution < 1.29 is 18.0 Å². The molecule has 1 amide bonds. The van der Waals surface area contributed by atoms with E-state index < -0.39 is 12.1 Å². The molecule has 0 saturated carbocycles. The van der Waals surface area contributed by atoms with E-state index in [1.165, 1.54) is 4.90 Å². The van der Waals surface area contributed by atoms with Crippen molar-refractivity contribution in [3.8, 4) is 0 Å². The van der Waals surface area contributed by atoms with Crippen LogP contribution < -0.4 is 5.32 Å². The average molecular weight is 391 g/mol. The first kappa shape index (κ1) is 16.6. The predicted octanol–water partition coefficient (Wildman–Crippen LogP) is 4.15. The zero-order chi connectivity index (χ0) is 16.8. The molecular formula is C16H18BrF3N2O. The monoisotopic (exact) mass is 390 g/mol. The number of carbonyl (C=O) groups excluding carboxylic acids is 1. The van der Waals surface area contributed by atoms with Gasteiger partial charge in [-0.25, -0.2) is 0 Å². The Bertz CT molecular complexity index is 620. The number of alkyl halides is 3. The maximum atomic E-state index is 12.9. The van der Waals surface area contributed by atoms with Crippen molar-refractivity contribution >= 4 is 27.5 Å². The first-order valence-electron chi connectivity index (χ1n) is 7.65. The second-order valence-electron chi connectivity index (χ2n) is 6.38. The summed E-state index contributed by atoms with van der Waals surface area (Å²) in [7, 11) is 0. The molecule has 0 bridgehead atoms. The maximum absolute atomic E-state index is 12.9. The Morgan fingerprint density at radius 2 is 2.17 bits per heavy atom. The molecule has 3 atom stereocenters. The molecule has 0 radical (unpaired) electrons. The van der Waals surface area contributed by atoms with Crippen LogP contribution in [0.2, 0.25) is 0 Å². The molecule has 1 fully saturated rings. The van der Waals surface area contributed by atoms with Gasteiger partial charge in [-0.05, 0) is 37.1 Å². The summed E-state index contributed by atoms with van der Waals surface area (Å²) in [6.07, 6.45) is -3.98. The fourth-order valence-electron chi connectivity index (χ4n) is 3.50. The minimum absolute atomic E-state index is 0.000289. The molecule has 1 unspecified atom stereocenters. The van der Waals surface area contributed by atoms with Gasteiger partial charge in [0.15, 0.2) is 0 Å². The number of nitrogens with zero attached hydrogens (tertiary/aromatic N) is 1. The first-order chi connectivity index (χ1) is 10.8. The summed E-state index contributed by atoms with van der Waals surface area (Å²) in [5.41, 5.74) is 2.04. The Hall–Kier alpha value is -1.24. The number of hydrogen-bond acceptors (Lipinski definition) is 2. The molecular weight excluding hydrogens is 373 g/mol. The van der Waals surface area contributed by atoms with Crippen LogP contribution in [0.1, 0.15) is 31.2 Å². The fourth-order valence-corrected chi connectivity index (χ4v) is 3.88. The number of hydrogen-bond donors (Lipinski definition) is 1. The fraction of sp³-hybridized carbons (Fsp3) is 0.562. The lowest BCUT2D eigenvalue weighted by Gasteiger charge is -2.23. The van der Waals surface area contributed by atoms with Crippen LogP contribution in [-0.4, -0.2) is 36.1 Å². The third kappa shape index (κ3) is 3.34. The number of halogens is 4. The van der Waals surface area contributed by atoms with Crippen molar-refractivity contribution in [2.45, 2.75) is 37.9 Å². The lowest BCUT2D eigenvalue weighted by Crippen LogP contribution is -2.36. The molecule has 0 spiro atoms. The highest BCUT2D eigenvalue weighted by Crippen LogP contribution is 2.39. The van der Waals surface area contributed by atoms with E-state index in [1.54, 1.807) is 6.92 Å². The van der Waals surface area contributed by atoms with Crippen LogP contribution in [-0.2, 0) is 4.79 Å². The lowest BCUT2D eigenvalue weighted by atomic mass is 9.97. The summed E-state index contributed by atoms with van der Waals surface area (Å²) in [5, 5.41) is 3.25. The molecule has 1 aromatic carbocycles. The molecule has 2 aliphatic rings. The number of carbonyl (C=O) groups is 1. The van der Waals surface area contributed by atoms with Gasteiger partial charge in [0.1, 0.15) is 0 Å². The van der Waals surface area contributed by atoms with E-state index in [4.69, 9.17) is 0 Å². The largest absolute Gasteiger partial charge is 0.393 e. The van der Waals surface area contributed by atoms with Crippen molar-refractivity contribution in [1.82, 2.24) is 4.90 Å². The van der Waals surface area contributed by atoms with Crippen LogP contribution >= 0.6 is 15.9 Å². The molecule has 3 rings (SSSR count). The van der Waals surface area contributed by atoms with E-state index in [-0.39, 0.29) is 37.3 Å². The van der Waals surface area contributed by atoms with Crippen molar-refractivity contribution in [2.24, 2.45) is 5.92 Å². The van der Waals surface area contributed by atoms with E-state index >= 15 is 0 Å². The van der Waals surface area contributed by atoms with Crippen LogP contribution in [0.3, 0.4) is 0 Å². The summed E-state index contributed by atoms with van der Waals surface area (Å²) in [5.74, 6) is -1.58. The third-order valence-corrected chi connectivity index (χ3v) is 5.26.